The van der Waals surface area contributed by atoms with E-state index in [9.17, 15) is 13.6 Å². The molecule has 0 aromatic carbocycles. The second kappa shape index (κ2) is 6.36. The van der Waals surface area contributed by atoms with E-state index in [0.29, 0.717) is 27.0 Å². The molecule has 1 amide bonds. The van der Waals surface area contributed by atoms with Gasteiger partial charge < -0.3 is 5.32 Å². The summed E-state index contributed by atoms with van der Waals surface area (Å²) in [4.78, 5) is 16.5. The molecule has 25 heavy (non-hydrogen) atoms. The van der Waals surface area contributed by atoms with Gasteiger partial charge in [0.25, 0.3) is 5.91 Å². The average Bonchev–Trinajstić information content (AvgIpc) is 3.25. The number of nitrogens with one attached hydrogen (secondary N) is 1. The number of aromatic nitrogens is 5. The fourth-order valence-corrected chi connectivity index (χ4v) is 3.29. The zero-order chi connectivity index (χ0) is 17.4. The van der Waals surface area contributed by atoms with Crippen LogP contribution in [-0.2, 0) is 0 Å². The van der Waals surface area contributed by atoms with E-state index in [1.807, 2.05) is 10.9 Å². The average molecular weight is 364 g/mol. The molecular weight excluding hydrogens is 350 g/mol. The predicted octanol–water partition coefficient (Wildman–Crippen LogP) is 3.58. The first-order valence-electron chi connectivity index (χ1n) is 7.74. The zero-order valence-electron chi connectivity index (χ0n) is 13.0. The van der Waals surface area contributed by atoms with Crippen molar-refractivity contribution in [3.63, 3.8) is 0 Å². The number of halogens is 2. The van der Waals surface area contributed by atoms with Crippen LogP contribution < -0.4 is 5.32 Å². The first kappa shape index (κ1) is 15.9. The topological polar surface area (TPSA) is 77.6 Å². The highest BCUT2D eigenvalue weighted by atomic mass is 32.1. The van der Waals surface area contributed by atoms with Crippen LogP contribution in [0.1, 0.15) is 42.3 Å². The third-order valence-electron chi connectivity index (χ3n) is 4.09. The Morgan fingerprint density at radius 3 is 2.80 bits per heavy atom. The molecule has 1 saturated carbocycles. The van der Waals surface area contributed by atoms with Gasteiger partial charge in [-0.3, -0.25) is 9.48 Å². The molecule has 1 fully saturated rings. The normalized spacial score (nSPS) is 14.7. The molecule has 7 nitrogen and oxygen atoms in total. The Hall–Kier alpha value is -2.62. The molecule has 0 aliphatic heterocycles. The molecule has 0 unspecified atom stereocenters. The van der Waals surface area contributed by atoms with Crippen molar-refractivity contribution in [1.29, 1.82) is 0 Å². The number of nitrogens with zero attached hydrogens (tertiary/aromatic N) is 5. The van der Waals surface area contributed by atoms with Crippen LogP contribution in [0.3, 0.4) is 0 Å². The van der Waals surface area contributed by atoms with Gasteiger partial charge in [0.15, 0.2) is 0 Å². The van der Waals surface area contributed by atoms with Gasteiger partial charge in [0, 0.05) is 23.3 Å². The van der Waals surface area contributed by atoms with Crippen molar-refractivity contribution >= 4 is 22.9 Å². The highest BCUT2D eigenvalue weighted by Crippen LogP contribution is 2.31. The summed E-state index contributed by atoms with van der Waals surface area (Å²) in [6, 6.07) is 0.419. The van der Waals surface area contributed by atoms with Crippen LogP contribution in [-0.4, -0.2) is 30.5 Å². The first-order chi connectivity index (χ1) is 12.1. The van der Waals surface area contributed by atoms with Crippen LogP contribution >= 0.6 is 11.3 Å². The number of hydrogen-bond acceptors (Lipinski definition) is 5. The molecule has 3 aromatic rings. The Morgan fingerprint density at radius 1 is 1.28 bits per heavy atom. The number of hydrogen-bond donors (Lipinski definition) is 1. The van der Waals surface area contributed by atoms with Crippen molar-refractivity contribution in [3.8, 4) is 10.6 Å². The minimum Gasteiger partial charge on any atom is -0.318 e. The Bertz CT molecular complexity index is 897. The number of thiazole rings is 1. The number of carbonyl (C=O) groups excluding carboxylic acids is 1. The number of alkyl halides is 2. The molecule has 10 heteroatoms. The number of anilines is 1. The lowest BCUT2D eigenvalue weighted by atomic mass is 9.93. The van der Waals surface area contributed by atoms with Gasteiger partial charge in [-0.25, -0.2) is 9.67 Å². The molecule has 0 spiro atoms. The Labute approximate surface area is 145 Å². The number of carbonyl (C=O) groups is 1. The Kier molecular flexibility index (Phi) is 4.04. The molecule has 0 bridgehead atoms. The minimum atomic E-state index is -2.70. The van der Waals surface area contributed by atoms with Crippen LogP contribution in [0.25, 0.3) is 10.6 Å². The SMILES string of the molecule is O=C(Nc1cnn(C2CCC2)c1)c1csc(-c2cnn(C(F)F)c2)n1. The van der Waals surface area contributed by atoms with E-state index in [2.05, 4.69) is 20.5 Å². The summed E-state index contributed by atoms with van der Waals surface area (Å²) < 4.78 is 27.6. The first-order valence-corrected chi connectivity index (χ1v) is 8.62. The van der Waals surface area contributed by atoms with Crippen molar-refractivity contribution in [2.24, 2.45) is 0 Å². The van der Waals surface area contributed by atoms with Crippen LogP contribution in [0.15, 0.2) is 30.2 Å². The summed E-state index contributed by atoms with van der Waals surface area (Å²) in [6.07, 6.45) is 9.34. The van der Waals surface area contributed by atoms with Crippen LogP contribution in [0, 0.1) is 0 Å². The molecule has 130 valence electrons. The highest BCUT2D eigenvalue weighted by Gasteiger charge is 2.21. The van der Waals surface area contributed by atoms with Gasteiger partial charge in [-0.1, -0.05) is 0 Å². The van der Waals surface area contributed by atoms with Crippen molar-refractivity contribution < 1.29 is 13.6 Å². The lowest BCUT2D eigenvalue weighted by Gasteiger charge is -2.25. The van der Waals surface area contributed by atoms with Gasteiger partial charge in [0.1, 0.15) is 10.7 Å². The fourth-order valence-electron chi connectivity index (χ4n) is 2.51. The third-order valence-corrected chi connectivity index (χ3v) is 4.98. The molecule has 1 N–H and O–H groups in total. The van der Waals surface area contributed by atoms with Gasteiger partial charge in [0.2, 0.25) is 0 Å². The molecule has 3 aromatic heterocycles. The molecule has 1 aliphatic carbocycles. The van der Waals surface area contributed by atoms with Crippen LogP contribution in [0.4, 0.5) is 14.5 Å². The minimum absolute atomic E-state index is 0.223. The van der Waals surface area contributed by atoms with E-state index >= 15 is 0 Å². The van der Waals surface area contributed by atoms with E-state index in [0.717, 1.165) is 12.8 Å². The summed E-state index contributed by atoms with van der Waals surface area (Å²) >= 11 is 1.20. The number of rotatable bonds is 5. The van der Waals surface area contributed by atoms with E-state index < -0.39 is 6.55 Å². The van der Waals surface area contributed by atoms with Gasteiger partial charge in [-0.15, -0.1) is 11.3 Å². The smallest absolute Gasteiger partial charge is 0.318 e. The maximum absolute atomic E-state index is 12.6. The van der Waals surface area contributed by atoms with Crippen molar-refractivity contribution in [2.75, 3.05) is 5.32 Å². The fraction of sp³-hybridized carbons (Fsp3) is 0.333. The van der Waals surface area contributed by atoms with Crippen LogP contribution in [0.2, 0.25) is 0 Å². The van der Waals surface area contributed by atoms with Crippen LogP contribution in [0.5, 0.6) is 0 Å². The maximum Gasteiger partial charge on any atom is 0.333 e. The summed E-state index contributed by atoms with van der Waals surface area (Å²) in [6.45, 7) is -2.70. The Balaban J connectivity index is 1.45. The molecular formula is C15H14F2N6OS. The van der Waals surface area contributed by atoms with Gasteiger partial charge in [-0.05, 0) is 19.3 Å². The van der Waals surface area contributed by atoms with Crippen molar-refractivity contribution in [3.05, 3.63) is 35.9 Å². The quantitative estimate of drug-likeness (QED) is 0.751. The zero-order valence-corrected chi connectivity index (χ0v) is 13.8. The predicted molar refractivity (Wildman–Crippen MR) is 87.7 cm³/mol. The van der Waals surface area contributed by atoms with E-state index in [1.54, 1.807) is 11.6 Å². The lowest BCUT2D eigenvalue weighted by Crippen LogP contribution is -2.17. The van der Waals surface area contributed by atoms with Gasteiger partial charge in [0.05, 0.1) is 24.1 Å². The molecule has 0 radical (unpaired) electrons. The van der Waals surface area contributed by atoms with Crippen molar-refractivity contribution in [2.45, 2.75) is 31.9 Å². The summed E-state index contributed by atoms with van der Waals surface area (Å²) in [5.74, 6) is -0.364. The van der Waals surface area contributed by atoms with Crippen molar-refractivity contribution in [1.82, 2.24) is 24.5 Å². The second-order valence-corrected chi connectivity index (χ2v) is 6.63. The molecule has 0 atom stereocenters. The molecule has 1 aliphatic rings. The lowest BCUT2D eigenvalue weighted by molar-refractivity contribution is 0.0566. The van der Waals surface area contributed by atoms with E-state index in [-0.39, 0.29) is 11.6 Å². The monoisotopic (exact) mass is 364 g/mol. The standard InChI is InChI=1S/C15H14F2N6OS/c16-15(17)23-6-9(4-18-23)14-21-12(8-25-14)13(24)20-10-5-19-22(7-10)11-2-1-3-11/h4-8,11,15H,1-3H2,(H,20,24). The third kappa shape index (κ3) is 3.16. The largest absolute Gasteiger partial charge is 0.333 e. The maximum atomic E-state index is 12.6. The molecule has 0 saturated heterocycles. The number of amides is 1. The summed E-state index contributed by atoms with van der Waals surface area (Å²) in [5.41, 5.74) is 1.28. The molecule has 4 rings (SSSR count). The highest BCUT2D eigenvalue weighted by molar-refractivity contribution is 7.13. The summed E-state index contributed by atoms with van der Waals surface area (Å²) in [5, 5.41) is 12.6. The van der Waals surface area contributed by atoms with E-state index in [1.165, 1.54) is 30.2 Å². The second-order valence-electron chi connectivity index (χ2n) is 5.77. The molecule has 3 heterocycles. The van der Waals surface area contributed by atoms with E-state index in [4.69, 9.17) is 0 Å². The Morgan fingerprint density at radius 2 is 2.12 bits per heavy atom. The van der Waals surface area contributed by atoms with Gasteiger partial charge in [-0.2, -0.15) is 19.0 Å². The van der Waals surface area contributed by atoms with Gasteiger partial charge >= 0.3 is 6.55 Å². The summed E-state index contributed by atoms with van der Waals surface area (Å²) in [7, 11) is 0.